The Morgan fingerprint density at radius 2 is 2.15 bits per heavy atom. The van der Waals surface area contributed by atoms with E-state index in [4.69, 9.17) is 5.73 Å². The molecule has 3 nitrogen and oxygen atoms in total. The van der Waals surface area contributed by atoms with Crippen LogP contribution in [0.2, 0.25) is 0 Å². The number of fused-ring (bicyclic) bond motifs is 1. The molecule has 0 saturated heterocycles. The minimum atomic E-state index is 0.778. The maximum Gasteiger partial charge on any atom is 0.125 e. The number of nitrogens with two attached hydrogens (primary N) is 1. The van der Waals surface area contributed by atoms with Gasteiger partial charge in [-0.1, -0.05) is 0 Å². The van der Waals surface area contributed by atoms with E-state index in [2.05, 4.69) is 32.6 Å². The van der Waals surface area contributed by atoms with Gasteiger partial charge in [0.05, 0.1) is 5.52 Å². The lowest BCUT2D eigenvalue weighted by molar-refractivity contribution is 1.09. The Bertz CT molecular complexity index is 468. The largest absolute Gasteiger partial charge is 0.398 e. The van der Waals surface area contributed by atoms with Gasteiger partial charge >= 0.3 is 0 Å². The molecule has 0 atom stereocenters. The highest BCUT2D eigenvalue weighted by atomic mass is 127. The minimum Gasteiger partial charge on any atom is -0.398 e. The van der Waals surface area contributed by atoms with Crippen LogP contribution in [-0.2, 0) is 0 Å². The highest BCUT2D eigenvalue weighted by Crippen LogP contribution is 2.23. The fourth-order valence-corrected chi connectivity index (χ4v) is 1.78. The monoisotopic (exact) mass is 285 g/mol. The first kappa shape index (κ1) is 8.68. The van der Waals surface area contributed by atoms with E-state index >= 15 is 0 Å². The fraction of sp³-hybridized carbons (Fsp3) is 0.111. The molecule has 0 bridgehead atoms. The molecule has 0 aliphatic heterocycles. The molecule has 0 fully saturated rings. The number of nitrogen functional groups attached to an aromatic ring is 1. The molecular formula is C9H8IN3. The van der Waals surface area contributed by atoms with Crippen LogP contribution < -0.4 is 5.73 Å². The van der Waals surface area contributed by atoms with E-state index in [1.165, 1.54) is 0 Å². The van der Waals surface area contributed by atoms with Crippen LogP contribution in [0.5, 0.6) is 0 Å². The second-order valence-corrected chi connectivity index (χ2v) is 3.90. The van der Waals surface area contributed by atoms with Crippen LogP contribution >= 0.6 is 22.6 Å². The molecule has 0 aliphatic carbocycles. The zero-order valence-corrected chi connectivity index (χ0v) is 9.24. The van der Waals surface area contributed by atoms with Crippen LogP contribution in [0.15, 0.2) is 18.3 Å². The van der Waals surface area contributed by atoms with Crippen molar-refractivity contribution in [1.82, 2.24) is 9.97 Å². The molecule has 2 rings (SSSR count). The van der Waals surface area contributed by atoms with Gasteiger partial charge in [0.15, 0.2) is 0 Å². The summed E-state index contributed by atoms with van der Waals surface area (Å²) < 4.78 is 1.02. The van der Waals surface area contributed by atoms with Gasteiger partial charge in [-0.25, -0.2) is 9.97 Å². The first-order valence-corrected chi connectivity index (χ1v) is 4.93. The van der Waals surface area contributed by atoms with Gasteiger partial charge in [0.1, 0.15) is 5.82 Å². The van der Waals surface area contributed by atoms with E-state index in [9.17, 15) is 0 Å². The topological polar surface area (TPSA) is 51.8 Å². The van der Waals surface area contributed by atoms with Crippen LogP contribution in [0, 0.1) is 10.5 Å². The lowest BCUT2D eigenvalue weighted by Crippen LogP contribution is -1.94. The van der Waals surface area contributed by atoms with Crippen LogP contribution in [0.3, 0.4) is 0 Å². The molecule has 2 N–H and O–H groups in total. The summed E-state index contributed by atoms with van der Waals surface area (Å²) in [5.41, 5.74) is 7.49. The summed E-state index contributed by atoms with van der Waals surface area (Å²) in [7, 11) is 0. The Hall–Kier alpha value is -0.910. The van der Waals surface area contributed by atoms with Gasteiger partial charge in [-0.15, -0.1) is 0 Å². The predicted octanol–water partition coefficient (Wildman–Crippen LogP) is 2.13. The van der Waals surface area contributed by atoms with Crippen molar-refractivity contribution in [2.24, 2.45) is 0 Å². The molecular weight excluding hydrogens is 277 g/mol. The molecule has 13 heavy (non-hydrogen) atoms. The van der Waals surface area contributed by atoms with E-state index in [0.29, 0.717) is 0 Å². The Kier molecular flexibility index (Phi) is 2.07. The molecule has 66 valence electrons. The van der Waals surface area contributed by atoms with E-state index < -0.39 is 0 Å². The van der Waals surface area contributed by atoms with Gasteiger partial charge in [-0.3, -0.25) is 0 Å². The van der Waals surface area contributed by atoms with E-state index in [1.807, 2.05) is 25.3 Å². The summed E-state index contributed by atoms with van der Waals surface area (Å²) in [6.45, 7) is 1.88. The number of hydrogen-bond donors (Lipinski definition) is 1. The van der Waals surface area contributed by atoms with Gasteiger partial charge in [-0.05, 0) is 41.6 Å². The maximum atomic E-state index is 5.76. The average molecular weight is 285 g/mol. The Labute approximate surface area is 89.5 Å². The number of anilines is 1. The lowest BCUT2D eigenvalue weighted by atomic mass is 10.2. The van der Waals surface area contributed by atoms with Crippen molar-refractivity contribution in [1.29, 1.82) is 0 Å². The summed E-state index contributed by atoms with van der Waals surface area (Å²) in [5, 5.41) is 1.02. The number of aryl methyl sites for hydroxylation is 1. The number of aromatic nitrogens is 2. The highest BCUT2D eigenvalue weighted by molar-refractivity contribution is 14.1. The van der Waals surface area contributed by atoms with Gasteiger partial charge in [-0.2, -0.15) is 0 Å². The Balaban J connectivity index is 2.87. The van der Waals surface area contributed by atoms with Crippen LogP contribution in [0.25, 0.3) is 10.9 Å². The number of hydrogen-bond acceptors (Lipinski definition) is 3. The third-order valence-electron chi connectivity index (χ3n) is 1.85. The summed E-state index contributed by atoms with van der Waals surface area (Å²) in [4.78, 5) is 8.44. The van der Waals surface area contributed by atoms with Crippen molar-refractivity contribution in [3.05, 3.63) is 27.7 Å². The Morgan fingerprint density at radius 3 is 2.92 bits per heavy atom. The van der Waals surface area contributed by atoms with Gasteiger partial charge < -0.3 is 5.73 Å². The molecule has 0 spiro atoms. The van der Waals surface area contributed by atoms with Crippen molar-refractivity contribution in [3.8, 4) is 0 Å². The smallest absolute Gasteiger partial charge is 0.125 e. The fourth-order valence-electron chi connectivity index (χ4n) is 1.18. The molecule has 1 aromatic carbocycles. The standard InChI is InChI=1S/C9H8IN3/c1-5-12-4-6-8(13-5)3-2-7(11)9(6)10/h2-4H,11H2,1H3. The van der Waals surface area contributed by atoms with Crippen LogP contribution in [-0.4, -0.2) is 9.97 Å². The van der Waals surface area contributed by atoms with E-state index in [0.717, 1.165) is 26.0 Å². The van der Waals surface area contributed by atoms with Crippen molar-refractivity contribution < 1.29 is 0 Å². The van der Waals surface area contributed by atoms with Crippen LogP contribution in [0.1, 0.15) is 5.82 Å². The third kappa shape index (κ3) is 1.46. The molecule has 0 radical (unpaired) electrons. The molecule has 1 aromatic heterocycles. The molecule has 1 heterocycles. The van der Waals surface area contributed by atoms with Crippen molar-refractivity contribution in [2.45, 2.75) is 6.92 Å². The SMILES string of the molecule is Cc1ncc2c(I)c(N)ccc2n1. The average Bonchev–Trinajstić information content (AvgIpc) is 2.12. The lowest BCUT2D eigenvalue weighted by Gasteiger charge is -2.02. The number of benzene rings is 1. The molecule has 2 aromatic rings. The molecule has 0 aliphatic rings. The van der Waals surface area contributed by atoms with Crippen molar-refractivity contribution in [3.63, 3.8) is 0 Å². The number of halogens is 1. The molecule has 4 heteroatoms. The van der Waals surface area contributed by atoms with E-state index in [1.54, 1.807) is 0 Å². The number of rotatable bonds is 0. The summed E-state index contributed by atoms with van der Waals surface area (Å²) in [6.07, 6.45) is 1.82. The van der Waals surface area contributed by atoms with Gasteiger partial charge in [0.25, 0.3) is 0 Å². The second-order valence-electron chi connectivity index (χ2n) is 2.82. The highest BCUT2D eigenvalue weighted by Gasteiger charge is 2.03. The zero-order valence-electron chi connectivity index (χ0n) is 7.08. The first-order chi connectivity index (χ1) is 6.18. The Morgan fingerprint density at radius 1 is 1.38 bits per heavy atom. The summed E-state index contributed by atoms with van der Waals surface area (Å²) >= 11 is 2.21. The van der Waals surface area contributed by atoms with Gasteiger partial charge in [0, 0.05) is 20.8 Å². The normalized spacial score (nSPS) is 10.6. The second kappa shape index (κ2) is 3.10. The first-order valence-electron chi connectivity index (χ1n) is 3.86. The van der Waals surface area contributed by atoms with Crippen LogP contribution in [0.4, 0.5) is 5.69 Å². The molecule has 0 saturated carbocycles. The zero-order chi connectivity index (χ0) is 9.42. The third-order valence-corrected chi connectivity index (χ3v) is 3.05. The minimum absolute atomic E-state index is 0.778. The quantitative estimate of drug-likeness (QED) is 0.596. The summed E-state index contributed by atoms with van der Waals surface area (Å²) in [5.74, 6) is 0.785. The van der Waals surface area contributed by atoms with E-state index in [-0.39, 0.29) is 0 Å². The predicted molar refractivity (Wildman–Crippen MR) is 61.4 cm³/mol. The van der Waals surface area contributed by atoms with Gasteiger partial charge in [0.2, 0.25) is 0 Å². The van der Waals surface area contributed by atoms with Crippen molar-refractivity contribution >= 4 is 39.2 Å². The molecule has 0 amide bonds. The number of nitrogens with zero attached hydrogens (tertiary/aromatic N) is 2. The van der Waals surface area contributed by atoms with Crippen molar-refractivity contribution in [2.75, 3.05) is 5.73 Å². The molecule has 0 unspecified atom stereocenters. The summed E-state index contributed by atoms with van der Waals surface area (Å²) in [6, 6.07) is 3.79. The maximum absolute atomic E-state index is 5.76.